The summed E-state index contributed by atoms with van der Waals surface area (Å²) in [5.41, 5.74) is 0.166. The molecule has 2 aromatic rings. The molecule has 1 aromatic heterocycles. The lowest BCUT2D eigenvalue weighted by Crippen LogP contribution is -2.42. The summed E-state index contributed by atoms with van der Waals surface area (Å²) in [5.74, 6) is -6.49. The maximum absolute atomic E-state index is 13.2. The standard InChI is InChI=1S/C24H24F5N3O4S/c1-4-37(34,35)19(11-14(2)15-5-7-16(8-6-15)17-9-10-17)20(30)21-31-12-18(22(33)32(21)3)36-13-23(25,26)24(27,28)29/h5-8,11-12,17,30H,2,4,9-10,13H2,1,3H3/b19-11+,30-20?. The second kappa shape index (κ2) is 10.2. The van der Waals surface area contributed by atoms with Crippen molar-refractivity contribution in [2.45, 2.75) is 37.8 Å². The maximum atomic E-state index is 13.2. The topological polar surface area (TPSA) is 102 Å². The number of hydrogen-bond acceptors (Lipinski definition) is 6. The average molecular weight is 546 g/mol. The third-order valence-electron chi connectivity index (χ3n) is 5.78. The molecule has 7 nitrogen and oxygen atoms in total. The second-order valence-electron chi connectivity index (χ2n) is 8.51. The predicted molar refractivity (Wildman–Crippen MR) is 128 cm³/mol. The van der Waals surface area contributed by atoms with Gasteiger partial charge in [-0.1, -0.05) is 37.8 Å². The predicted octanol–water partition coefficient (Wildman–Crippen LogP) is 4.63. The first-order valence-corrected chi connectivity index (χ1v) is 12.7. The van der Waals surface area contributed by atoms with Gasteiger partial charge in [0.2, 0.25) is 5.75 Å². The molecule has 1 N–H and O–H groups in total. The van der Waals surface area contributed by atoms with Crippen LogP contribution >= 0.6 is 0 Å². The lowest BCUT2D eigenvalue weighted by atomic mass is 10.0. The average Bonchev–Trinajstić information content (AvgIpc) is 3.68. The third kappa shape index (κ3) is 6.14. The van der Waals surface area contributed by atoms with Crippen LogP contribution in [0.15, 0.2) is 52.8 Å². The molecule has 0 saturated heterocycles. The Labute approximate surface area is 209 Å². The van der Waals surface area contributed by atoms with Gasteiger partial charge < -0.3 is 4.74 Å². The highest BCUT2D eigenvalue weighted by Gasteiger charge is 2.58. The van der Waals surface area contributed by atoms with Crippen molar-refractivity contribution >= 4 is 21.1 Å². The molecule has 0 amide bonds. The maximum Gasteiger partial charge on any atom is 0.456 e. The van der Waals surface area contributed by atoms with Crippen LogP contribution in [0.1, 0.15) is 42.6 Å². The number of alkyl halides is 5. The van der Waals surface area contributed by atoms with Gasteiger partial charge in [0.25, 0.3) is 5.56 Å². The van der Waals surface area contributed by atoms with Gasteiger partial charge in [-0.05, 0) is 41.5 Å². The van der Waals surface area contributed by atoms with Gasteiger partial charge in [-0.2, -0.15) is 22.0 Å². The Morgan fingerprint density at radius 3 is 2.32 bits per heavy atom. The molecule has 3 rings (SSSR count). The van der Waals surface area contributed by atoms with Crippen molar-refractivity contribution in [1.29, 1.82) is 5.41 Å². The summed E-state index contributed by atoms with van der Waals surface area (Å²) in [6, 6.07) is 7.39. The number of rotatable bonds is 10. The number of allylic oxidation sites excluding steroid dienone is 3. The first kappa shape index (κ1) is 28.2. The van der Waals surface area contributed by atoms with E-state index in [9.17, 15) is 35.2 Å². The monoisotopic (exact) mass is 545 g/mol. The molecule has 0 bridgehead atoms. The van der Waals surface area contributed by atoms with Gasteiger partial charge in [0.1, 0.15) is 5.71 Å². The molecule has 0 unspecified atom stereocenters. The minimum absolute atomic E-state index is 0.276. The Kier molecular flexibility index (Phi) is 7.77. The smallest absolute Gasteiger partial charge is 0.456 e. The van der Waals surface area contributed by atoms with Crippen molar-refractivity contribution in [3.63, 3.8) is 0 Å². The Bertz CT molecular complexity index is 1410. The van der Waals surface area contributed by atoms with E-state index < -0.39 is 62.0 Å². The molecule has 0 aliphatic heterocycles. The van der Waals surface area contributed by atoms with E-state index in [4.69, 9.17) is 5.41 Å². The Morgan fingerprint density at radius 2 is 1.81 bits per heavy atom. The lowest BCUT2D eigenvalue weighted by Gasteiger charge is -2.20. The van der Waals surface area contributed by atoms with E-state index >= 15 is 0 Å². The summed E-state index contributed by atoms with van der Waals surface area (Å²) in [4.78, 5) is 15.8. The van der Waals surface area contributed by atoms with E-state index in [0.29, 0.717) is 22.2 Å². The molecule has 200 valence electrons. The number of hydrogen-bond donors (Lipinski definition) is 1. The fourth-order valence-electron chi connectivity index (χ4n) is 3.32. The molecular formula is C24H24F5N3O4S. The van der Waals surface area contributed by atoms with E-state index in [2.05, 4.69) is 16.3 Å². The largest absolute Gasteiger partial charge is 0.480 e. The van der Waals surface area contributed by atoms with Crippen molar-refractivity contribution in [3.05, 3.63) is 75.3 Å². The second-order valence-corrected chi connectivity index (χ2v) is 10.8. The summed E-state index contributed by atoms with van der Waals surface area (Å²) >= 11 is 0. The van der Waals surface area contributed by atoms with E-state index in [1.807, 2.05) is 12.1 Å². The van der Waals surface area contributed by atoms with E-state index in [1.54, 1.807) is 12.1 Å². The van der Waals surface area contributed by atoms with Crippen LogP contribution in [0.3, 0.4) is 0 Å². The highest BCUT2D eigenvalue weighted by atomic mass is 32.2. The fraction of sp³-hybridized carbons (Fsp3) is 0.375. The number of nitrogens with one attached hydrogen (secondary N) is 1. The first-order valence-electron chi connectivity index (χ1n) is 11.1. The zero-order valence-electron chi connectivity index (χ0n) is 19.9. The summed E-state index contributed by atoms with van der Waals surface area (Å²) < 4.78 is 94.1. The number of benzene rings is 1. The summed E-state index contributed by atoms with van der Waals surface area (Å²) in [6.07, 6.45) is -1.93. The van der Waals surface area contributed by atoms with E-state index in [0.717, 1.165) is 25.5 Å². The third-order valence-corrected chi connectivity index (χ3v) is 7.53. The van der Waals surface area contributed by atoms with Gasteiger partial charge in [-0.15, -0.1) is 0 Å². The minimum atomic E-state index is -5.89. The molecular weight excluding hydrogens is 521 g/mol. The molecule has 1 saturated carbocycles. The van der Waals surface area contributed by atoms with Gasteiger partial charge in [-0.25, -0.2) is 13.4 Å². The van der Waals surface area contributed by atoms with Crippen LogP contribution in [-0.2, 0) is 16.9 Å². The van der Waals surface area contributed by atoms with Crippen LogP contribution in [-0.4, -0.2) is 48.1 Å². The van der Waals surface area contributed by atoms with Crippen LogP contribution in [0, 0.1) is 5.41 Å². The van der Waals surface area contributed by atoms with Gasteiger partial charge in [0.05, 0.1) is 16.9 Å². The molecule has 13 heteroatoms. The molecule has 1 fully saturated rings. The Balaban J connectivity index is 1.93. The number of nitrogens with zero attached hydrogens (tertiary/aromatic N) is 2. The quantitative estimate of drug-likeness (QED) is 0.266. The van der Waals surface area contributed by atoms with E-state index in [1.165, 1.54) is 13.0 Å². The number of halogens is 5. The van der Waals surface area contributed by atoms with Gasteiger partial charge in [0, 0.05) is 7.05 Å². The normalized spacial score (nSPS) is 14.9. The first-order chi connectivity index (χ1) is 17.1. The lowest BCUT2D eigenvalue weighted by molar-refractivity contribution is -0.290. The molecule has 37 heavy (non-hydrogen) atoms. The molecule has 1 heterocycles. The highest BCUT2D eigenvalue weighted by Crippen LogP contribution is 2.40. The van der Waals surface area contributed by atoms with Gasteiger partial charge >= 0.3 is 12.1 Å². The minimum Gasteiger partial charge on any atom is -0.480 e. The van der Waals surface area contributed by atoms with Crippen LogP contribution in [0.2, 0.25) is 0 Å². The molecule has 1 aliphatic carbocycles. The zero-order valence-corrected chi connectivity index (χ0v) is 20.7. The molecule has 0 spiro atoms. The summed E-state index contributed by atoms with van der Waals surface area (Å²) in [5, 5.41) is 8.47. The number of aromatic nitrogens is 2. The van der Waals surface area contributed by atoms with Crippen molar-refractivity contribution < 1.29 is 35.1 Å². The van der Waals surface area contributed by atoms with Gasteiger partial charge in [0.15, 0.2) is 22.3 Å². The van der Waals surface area contributed by atoms with Crippen LogP contribution in [0.25, 0.3) is 5.57 Å². The van der Waals surface area contributed by atoms with Crippen LogP contribution in [0.4, 0.5) is 22.0 Å². The molecule has 0 atom stereocenters. The zero-order chi connectivity index (χ0) is 27.8. The Morgan fingerprint density at radius 1 is 1.22 bits per heavy atom. The molecule has 0 radical (unpaired) electrons. The van der Waals surface area contributed by atoms with Crippen LogP contribution in [0.5, 0.6) is 5.75 Å². The van der Waals surface area contributed by atoms with E-state index in [-0.39, 0.29) is 5.57 Å². The van der Waals surface area contributed by atoms with Crippen molar-refractivity contribution in [3.8, 4) is 5.75 Å². The fourth-order valence-corrected chi connectivity index (χ4v) is 4.35. The summed E-state index contributed by atoms with van der Waals surface area (Å²) in [6.45, 7) is 3.09. The summed E-state index contributed by atoms with van der Waals surface area (Å²) in [7, 11) is -2.99. The van der Waals surface area contributed by atoms with Crippen molar-refractivity contribution in [2.75, 3.05) is 12.4 Å². The molecule has 1 aromatic carbocycles. The van der Waals surface area contributed by atoms with Crippen LogP contribution < -0.4 is 10.3 Å². The molecule has 1 aliphatic rings. The SMILES string of the molecule is C=C(/C=C(\C(=N)c1ncc(OCC(F)(F)C(F)(F)F)c(=O)n1C)S(=O)(=O)CC)c1ccc(C2CC2)cc1. The van der Waals surface area contributed by atoms with Crippen molar-refractivity contribution in [2.24, 2.45) is 7.05 Å². The highest BCUT2D eigenvalue weighted by molar-refractivity contribution is 7.96. The Hall–Kier alpha value is -3.35. The number of sulfone groups is 1. The van der Waals surface area contributed by atoms with Gasteiger partial charge in [-0.3, -0.25) is 14.8 Å². The number of ether oxygens (including phenoxy) is 1. The van der Waals surface area contributed by atoms with Crippen molar-refractivity contribution in [1.82, 2.24) is 9.55 Å².